The van der Waals surface area contributed by atoms with Gasteiger partial charge in [-0.1, -0.05) is 24.3 Å². The minimum absolute atomic E-state index is 0.0570. The van der Waals surface area contributed by atoms with Gasteiger partial charge >= 0.3 is 6.18 Å². The van der Waals surface area contributed by atoms with Crippen LogP contribution in [0.25, 0.3) is 11.1 Å². The molecule has 1 N–H and O–H groups in total. The Kier molecular flexibility index (Phi) is 8.10. The zero-order valence-corrected chi connectivity index (χ0v) is 21.3. The van der Waals surface area contributed by atoms with E-state index in [1.807, 2.05) is 0 Å². The molecule has 0 radical (unpaired) electrons. The van der Waals surface area contributed by atoms with Crippen LogP contribution in [0.1, 0.15) is 24.0 Å². The van der Waals surface area contributed by atoms with Gasteiger partial charge in [0.15, 0.2) is 0 Å². The summed E-state index contributed by atoms with van der Waals surface area (Å²) in [4.78, 5) is 17.8. The summed E-state index contributed by atoms with van der Waals surface area (Å²) in [5.74, 6) is 0.539. The lowest BCUT2D eigenvalue weighted by Crippen LogP contribution is -2.29. The van der Waals surface area contributed by atoms with Gasteiger partial charge in [0.2, 0.25) is 21.8 Å². The van der Waals surface area contributed by atoms with E-state index in [0.717, 1.165) is 24.8 Å². The van der Waals surface area contributed by atoms with Crippen LogP contribution >= 0.6 is 0 Å². The number of carbonyl (C=O) groups excluding carboxylic acids is 1. The molecule has 0 unspecified atom stereocenters. The number of aromatic nitrogens is 1. The Morgan fingerprint density at radius 2 is 1.84 bits per heavy atom. The van der Waals surface area contributed by atoms with Gasteiger partial charge in [-0.05, 0) is 47.9 Å². The zero-order chi connectivity index (χ0) is 27.3. The van der Waals surface area contributed by atoms with Gasteiger partial charge in [0.05, 0.1) is 18.4 Å². The van der Waals surface area contributed by atoms with Crippen molar-refractivity contribution in [3.63, 3.8) is 0 Å². The number of anilines is 1. The van der Waals surface area contributed by atoms with E-state index in [0.29, 0.717) is 42.0 Å². The SMILES string of the molecule is CS(=O)(=O)Nc1cc(-c2cccc(OCc3cccc(C(F)(F)F)c3)c2)cnc1OCCN1CCCC1=O. The maximum atomic E-state index is 13.0. The average molecular weight is 550 g/mol. The molecule has 1 aliphatic heterocycles. The number of amides is 1. The van der Waals surface area contributed by atoms with Crippen LogP contribution in [0.15, 0.2) is 60.8 Å². The Balaban J connectivity index is 1.49. The third-order valence-electron chi connectivity index (χ3n) is 5.75. The molecule has 0 bridgehead atoms. The number of carbonyl (C=O) groups is 1. The molecule has 3 aromatic rings. The number of nitrogens with one attached hydrogen (secondary N) is 1. The van der Waals surface area contributed by atoms with Crippen molar-refractivity contribution in [2.45, 2.75) is 25.6 Å². The first-order chi connectivity index (χ1) is 18.0. The summed E-state index contributed by atoms with van der Waals surface area (Å²) in [7, 11) is -3.65. The zero-order valence-electron chi connectivity index (χ0n) is 20.5. The number of pyridine rings is 1. The first kappa shape index (κ1) is 27.2. The second kappa shape index (κ2) is 11.3. The molecule has 1 aliphatic rings. The molecule has 0 saturated carbocycles. The molecule has 0 aliphatic carbocycles. The second-order valence-electron chi connectivity index (χ2n) is 8.80. The molecule has 8 nitrogen and oxygen atoms in total. The fraction of sp³-hybridized carbons (Fsp3) is 0.308. The molecule has 4 rings (SSSR count). The molecule has 1 fully saturated rings. The highest BCUT2D eigenvalue weighted by atomic mass is 32.2. The Morgan fingerprint density at radius 3 is 2.55 bits per heavy atom. The predicted octanol–water partition coefficient (Wildman–Crippen LogP) is 4.72. The number of rotatable bonds is 10. The first-order valence-corrected chi connectivity index (χ1v) is 13.6. The van der Waals surface area contributed by atoms with Gasteiger partial charge < -0.3 is 14.4 Å². The predicted molar refractivity (Wildman–Crippen MR) is 135 cm³/mol. The van der Waals surface area contributed by atoms with Crippen molar-refractivity contribution < 1.29 is 35.9 Å². The van der Waals surface area contributed by atoms with Crippen LogP contribution in [-0.4, -0.2) is 50.2 Å². The summed E-state index contributed by atoms with van der Waals surface area (Å²) < 4.78 is 76.6. The van der Waals surface area contributed by atoms with Crippen LogP contribution in [0.3, 0.4) is 0 Å². The Labute approximate surface area is 218 Å². The van der Waals surface area contributed by atoms with E-state index in [9.17, 15) is 26.4 Å². The van der Waals surface area contributed by atoms with E-state index in [1.165, 1.54) is 12.3 Å². The van der Waals surface area contributed by atoms with E-state index < -0.39 is 21.8 Å². The van der Waals surface area contributed by atoms with Gasteiger partial charge in [-0.15, -0.1) is 0 Å². The molecule has 0 atom stereocenters. The molecule has 202 valence electrons. The van der Waals surface area contributed by atoms with E-state index >= 15 is 0 Å². The van der Waals surface area contributed by atoms with Crippen molar-refractivity contribution in [2.24, 2.45) is 0 Å². The molecule has 0 spiro atoms. The van der Waals surface area contributed by atoms with Gasteiger partial charge in [-0.2, -0.15) is 13.2 Å². The van der Waals surface area contributed by atoms with Crippen LogP contribution in [0.2, 0.25) is 0 Å². The maximum absolute atomic E-state index is 13.0. The lowest BCUT2D eigenvalue weighted by molar-refractivity contribution is -0.137. The summed E-state index contributed by atoms with van der Waals surface area (Å²) in [6.07, 6.45) is -0.613. The van der Waals surface area contributed by atoms with Gasteiger partial charge in [0, 0.05) is 24.7 Å². The smallest absolute Gasteiger partial charge is 0.416 e. The maximum Gasteiger partial charge on any atom is 0.416 e. The molecule has 2 aromatic carbocycles. The van der Waals surface area contributed by atoms with E-state index in [1.54, 1.807) is 41.3 Å². The van der Waals surface area contributed by atoms with Crippen molar-refractivity contribution in [1.29, 1.82) is 0 Å². The Hall–Kier alpha value is -3.80. The molecular weight excluding hydrogens is 523 g/mol. The minimum atomic E-state index is -4.44. The van der Waals surface area contributed by atoms with E-state index in [-0.39, 0.29) is 30.7 Å². The summed E-state index contributed by atoms with van der Waals surface area (Å²) in [5, 5.41) is 0. The molecular formula is C26H26F3N3O5S. The monoisotopic (exact) mass is 549 g/mol. The summed E-state index contributed by atoms with van der Waals surface area (Å²) >= 11 is 0. The van der Waals surface area contributed by atoms with Crippen LogP contribution in [0, 0.1) is 0 Å². The number of sulfonamides is 1. The number of benzene rings is 2. The molecule has 12 heteroatoms. The highest BCUT2D eigenvalue weighted by Crippen LogP contribution is 2.32. The van der Waals surface area contributed by atoms with Crippen molar-refractivity contribution in [1.82, 2.24) is 9.88 Å². The van der Waals surface area contributed by atoms with Crippen molar-refractivity contribution >= 4 is 21.6 Å². The van der Waals surface area contributed by atoms with E-state index in [2.05, 4.69) is 9.71 Å². The average Bonchev–Trinajstić information content (AvgIpc) is 3.27. The van der Waals surface area contributed by atoms with Gasteiger partial charge in [-0.3, -0.25) is 9.52 Å². The van der Waals surface area contributed by atoms with Gasteiger partial charge in [0.1, 0.15) is 24.7 Å². The fourth-order valence-corrected chi connectivity index (χ4v) is 4.51. The van der Waals surface area contributed by atoms with Crippen molar-refractivity contribution in [2.75, 3.05) is 30.7 Å². The largest absolute Gasteiger partial charge is 0.489 e. The summed E-state index contributed by atoms with van der Waals surface area (Å²) in [6, 6.07) is 13.3. The van der Waals surface area contributed by atoms with Gasteiger partial charge in [-0.25, -0.2) is 13.4 Å². The standard InChI is InChI=1S/C26H26F3N3O5S/c1-38(34,35)31-23-15-20(16-30-25(23)36-12-11-32-10-4-9-24(32)33)19-6-3-8-22(14-19)37-17-18-5-2-7-21(13-18)26(27,28)29/h2-3,5-8,13-16,31H,4,9-12,17H2,1H3. The summed E-state index contributed by atoms with van der Waals surface area (Å²) in [5.41, 5.74) is 0.947. The molecule has 1 amide bonds. The fourth-order valence-electron chi connectivity index (χ4n) is 3.96. The molecule has 2 heterocycles. The molecule has 1 aromatic heterocycles. The van der Waals surface area contributed by atoms with Crippen molar-refractivity contribution in [3.05, 3.63) is 71.9 Å². The van der Waals surface area contributed by atoms with Crippen molar-refractivity contribution in [3.8, 4) is 22.8 Å². The van der Waals surface area contributed by atoms with Crippen LogP contribution in [0.4, 0.5) is 18.9 Å². The normalized spacial score (nSPS) is 14.0. The number of halogens is 3. The van der Waals surface area contributed by atoms with Gasteiger partial charge in [0.25, 0.3) is 0 Å². The van der Waals surface area contributed by atoms with Crippen LogP contribution in [0.5, 0.6) is 11.6 Å². The number of ether oxygens (including phenoxy) is 2. The van der Waals surface area contributed by atoms with E-state index in [4.69, 9.17) is 9.47 Å². The quantitative estimate of drug-likeness (QED) is 0.393. The second-order valence-corrected chi connectivity index (χ2v) is 10.5. The number of nitrogens with zero attached hydrogens (tertiary/aromatic N) is 2. The number of hydrogen-bond donors (Lipinski definition) is 1. The lowest BCUT2D eigenvalue weighted by Gasteiger charge is -2.17. The highest BCUT2D eigenvalue weighted by molar-refractivity contribution is 7.92. The third-order valence-corrected chi connectivity index (χ3v) is 6.34. The van der Waals surface area contributed by atoms with Crippen LogP contribution in [-0.2, 0) is 27.6 Å². The highest BCUT2D eigenvalue weighted by Gasteiger charge is 2.30. The number of hydrogen-bond acceptors (Lipinski definition) is 6. The minimum Gasteiger partial charge on any atom is -0.489 e. The molecule has 1 saturated heterocycles. The Morgan fingerprint density at radius 1 is 1.05 bits per heavy atom. The number of likely N-dealkylation sites (tertiary alicyclic amines) is 1. The van der Waals surface area contributed by atoms with Crippen LogP contribution < -0.4 is 14.2 Å². The topological polar surface area (TPSA) is 97.8 Å². The summed E-state index contributed by atoms with van der Waals surface area (Å²) in [6.45, 7) is 1.11. The number of alkyl halides is 3. The first-order valence-electron chi connectivity index (χ1n) is 11.8. The molecule has 38 heavy (non-hydrogen) atoms. The third kappa shape index (κ3) is 7.37. The Bertz CT molecular complexity index is 1410. The lowest BCUT2D eigenvalue weighted by atomic mass is 10.1.